The highest BCUT2D eigenvalue weighted by Gasteiger charge is 2.52. The average Bonchev–Trinajstić information content (AvgIpc) is 3.07. The normalized spacial score (nSPS) is 21.9. The standard InChI is InChI=1S/C25H24Cl2N2O5/c1-14-3-9-18-19(11-14)25(33)29(24(18)32)28(23(31)16-6-10-20(26)21(27)12-16)13-22(30)15-4-7-17(34-2)8-5-15/h4-8,10,12,14,18-19H,3,9,11,13H2,1-2H3/t14-,18+,19-/m0/s1. The maximum absolute atomic E-state index is 13.5. The number of carbonyl (C=O) groups is 4. The Morgan fingerprint density at radius 3 is 2.26 bits per heavy atom. The van der Waals surface area contributed by atoms with Gasteiger partial charge in [0.1, 0.15) is 12.3 Å². The molecule has 1 saturated carbocycles. The first-order valence-electron chi connectivity index (χ1n) is 11.0. The van der Waals surface area contributed by atoms with E-state index in [-0.39, 0.29) is 15.6 Å². The smallest absolute Gasteiger partial charge is 0.273 e. The Labute approximate surface area is 207 Å². The minimum Gasteiger partial charge on any atom is -0.497 e. The molecule has 0 spiro atoms. The summed E-state index contributed by atoms with van der Waals surface area (Å²) in [6.45, 7) is 1.56. The Hall–Kier alpha value is -2.90. The number of ketones is 1. The fourth-order valence-corrected chi connectivity index (χ4v) is 4.92. The third kappa shape index (κ3) is 4.55. The van der Waals surface area contributed by atoms with Crippen molar-refractivity contribution in [2.75, 3.05) is 13.7 Å². The molecule has 3 amide bonds. The Morgan fingerprint density at radius 2 is 1.62 bits per heavy atom. The maximum Gasteiger partial charge on any atom is 0.273 e. The van der Waals surface area contributed by atoms with Gasteiger partial charge in [0, 0.05) is 11.1 Å². The molecule has 0 bridgehead atoms. The number of rotatable bonds is 6. The summed E-state index contributed by atoms with van der Waals surface area (Å²) in [6, 6.07) is 10.6. The molecule has 0 aromatic heterocycles. The molecular formula is C25H24Cl2N2O5. The summed E-state index contributed by atoms with van der Waals surface area (Å²) in [6.07, 6.45) is 1.99. The van der Waals surface area contributed by atoms with Crippen molar-refractivity contribution in [1.82, 2.24) is 10.0 Å². The van der Waals surface area contributed by atoms with Crippen molar-refractivity contribution in [3.05, 3.63) is 63.6 Å². The summed E-state index contributed by atoms with van der Waals surface area (Å²) < 4.78 is 5.12. The topological polar surface area (TPSA) is 84.0 Å². The van der Waals surface area contributed by atoms with Gasteiger partial charge in [0.25, 0.3) is 17.7 Å². The van der Waals surface area contributed by atoms with Gasteiger partial charge in [0.15, 0.2) is 5.78 Å². The average molecular weight is 503 g/mol. The largest absolute Gasteiger partial charge is 0.497 e. The second kappa shape index (κ2) is 9.76. The van der Waals surface area contributed by atoms with E-state index in [0.29, 0.717) is 30.1 Å². The van der Waals surface area contributed by atoms with Gasteiger partial charge >= 0.3 is 0 Å². The van der Waals surface area contributed by atoms with Gasteiger partial charge < -0.3 is 4.74 Å². The van der Waals surface area contributed by atoms with Crippen LogP contribution in [0.1, 0.15) is 46.9 Å². The van der Waals surface area contributed by atoms with Gasteiger partial charge in [-0.05, 0) is 67.6 Å². The fourth-order valence-electron chi connectivity index (χ4n) is 4.63. The molecule has 178 valence electrons. The van der Waals surface area contributed by atoms with Gasteiger partial charge in [-0.15, -0.1) is 0 Å². The van der Waals surface area contributed by atoms with Crippen molar-refractivity contribution in [2.24, 2.45) is 17.8 Å². The van der Waals surface area contributed by atoms with Gasteiger partial charge in [0.05, 0.1) is 29.0 Å². The van der Waals surface area contributed by atoms with E-state index in [2.05, 4.69) is 0 Å². The molecule has 4 rings (SSSR count). The number of ether oxygens (including phenoxy) is 1. The number of fused-ring (bicyclic) bond motifs is 1. The number of hydrazine groups is 1. The first kappa shape index (κ1) is 24.2. The highest BCUT2D eigenvalue weighted by atomic mass is 35.5. The van der Waals surface area contributed by atoms with Crippen molar-refractivity contribution in [2.45, 2.75) is 26.2 Å². The van der Waals surface area contributed by atoms with E-state index in [1.165, 1.54) is 25.3 Å². The highest BCUT2D eigenvalue weighted by molar-refractivity contribution is 6.42. The van der Waals surface area contributed by atoms with Crippen LogP contribution in [-0.4, -0.2) is 47.2 Å². The molecule has 9 heteroatoms. The molecule has 1 heterocycles. The highest BCUT2D eigenvalue weighted by Crippen LogP contribution is 2.41. The van der Waals surface area contributed by atoms with Gasteiger partial charge in [-0.3, -0.25) is 19.2 Å². The van der Waals surface area contributed by atoms with Crippen molar-refractivity contribution in [3.8, 4) is 5.75 Å². The van der Waals surface area contributed by atoms with Crippen molar-refractivity contribution in [1.29, 1.82) is 0 Å². The van der Waals surface area contributed by atoms with Crippen LogP contribution < -0.4 is 4.74 Å². The lowest BCUT2D eigenvalue weighted by molar-refractivity contribution is -0.154. The number of imide groups is 1. The van der Waals surface area contributed by atoms with Gasteiger partial charge in [0.2, 0.25) is 0 Å². The lowest BCUT2D eigenvalue weighted by Crippen LogP contribution is -2.52. The molecule has 34 heavy (non-hydrogen) atoms. The summed E-state index contributed by atoms with van der Waals surface area (Å²) >= 11 is 12.1. The number of Topliss-reactive ketones (excluding diaryl/α,β-unsaturated/α-hetero) is 1. The molecule has 2 fully saturated rings. The van der Waals surface area contributed by atoms with Crippen molar-refractivity contribution in [3.63, 3.8) is 0 Å². The number of carbonyl (C=O) groups excluding carboxylic acids is 4. The monoisotopic (exact) mass is 502 g/mol. The minimum atomic E-state index is -0.686. The number of hydrogen-bond donors (Lipinski definition) is 0. The third-order valence-corrected chi connectivity index (χ3v) is 7.25. The second-order valence-electron chi connectivity index (χ2n) is 8.76. The summed E-state index contributed by atoms with van der Waals surface area (Å²) in [5.41, 5.74) is 0.429. The molecule has 2 aromatic carbocycles. The summed E-state index contributed by atoms with van der Waals surface area (Å²) in [4.78, 5) is 53.3. The zero-order chi connectivity index (χ0) is 24.6. The summed E-state index contributed by atoms with van der Waals surface area (Å²) in [7, 11) is 1.51. The van der Waals surface area contributed by atoms with E-state index in [1.54, 1.807) is 24.3 Å². The van der Waals surface area contributed by atoms with E-state index >= 15 is 0 Å². The quantitative estimate of drug-likeness (QED) is 0.423. The van der Waals surface area contributed by atoms with E-state index in [1.807, 2.05) is 6.92 Å². The van der Waals surface area contributed by atoms with Crippen LogP contribution in [0.5, 0.6) is 5.75 Å². The van der Waals surface area contributed by atoms with Gasteiger partial charge in [-0.1, -0.05) is 30.1 Å². The number of hydrogen-bond acceptors (Lipinski definition) is 5. The second-order valence-corrected chi connectivity index (χ2v) is 9.58. The molecule has 1 aliphatic heterocycles. The van der Waals surface area contributed by atoms with Gasteiger partial charge in [-0.2, -0.15) is 5.01 Å². The molecule has 0 N–H and O–H groups in total. The first-order chi connectivity index (χ1) is 16.2. The molecule has 1 saturated heterocycles. The number of methoxy groups -OCH3 is 1. The molecule has 1 aliphatic carbocycles. The molecule has 0 radical (unpaired) electrons. The summed E-state index contributed by atoms with van der Waals surface area (Å²) in [5.74, 6) is -2.11. The Kier molecular flexibility index (Phi) is 6.96. The molecule has 0 unspecified atom stereocenters. The number of amides is 3. The molecule has 2 aliphatic rings. The van der Waals surface area contributed by atoms with Crippen LogP contribution in [0.25, 0.3) is 0 Å². The Morgan fingerprint density at radius 1 is 0.971 bits per heavy atom. The third-order valence-electron chi connectivity index (χ3n) is 6.51. The van der Waals surface area contributed by atoms with E-state index in [9.17, 15) is 19.2 Å². The van der Waals surface area contributed by atoms with Crippen molar-refractivity contribution >= 4 is 46.7 Å². The van der Waals surface area contributed by atoms with Crippen LogP contribution in [0.15, 0.2) is 42.5 Å². The number of benzene rings is 2. The zero-order valence-corrected chi connectivity index (χ0v) is 20.3. The zero-order valence-electron chi connectivity index (χ0n) is 18.8. The van der Waals surface area contributed by atoms with E-state index in [0.717, 1.165) is 16.4 Å². The van der Waals surface area contributed by atoms with Crippen LogP contribution in [0.3, 0.4) is 0 Å². The number of nitrogens with zero attached hydrogens (tertiary/aromatic N) is 2. The van der Waals surface area contributed by atoms with Crippen LogP contribution >= 0.6 is 23.2 Å². The van der Waals surface area contributed by atoms with E-state index in [4.69, 9.17) is 27.9 Å². The maximum atomic E-state index is 13.5. The lowest BCUT2D eigenvalue weighted by atomic mass is 9.76. The lowest BCUT2D eigenvalue weighted by Gasteiger charge is -2.30. The van der Waals surface area contributed by atoms with Crippen LogP contribution in [0.4, 0.5) is 0 Å². The van der Waals surface area contributed by atoms with Crippen LogP contribution in [0, 0.1) is 17.8 Å². The molecule has 2 aromatic rings. The van der Waals surface area contributed by atoms with E-state index < -0.39 is 41.9 Å². The Bertz CT molecular complexity index is 1150. The summed E-state index contributed by atoms with van der Waals surface area (Å²) in [5, 5.41) is 2.22. The van der Waals surface area contributed by atoms with Gasteiger partial charge in [-0.25, -0.2) is 5.01 Å². The minimum absolute atomic E-state index is 0.112. The fraction of sp³-hybridized carbons (Fsp3) is 0.360. The molecule has 3 atom stereocenters. The van der Waals surface area contributed by atoms with Crippen LogP contribution in [0.2, 0.25) is 10.0 Å². The first-order valence-corrected chi connectivity index (χ1v) is 11.8. The molecule has 7 nitrogen and oxygen atoms in total. The predicted octanol–water partition coefficient (Wildman–Crippen LogP) is 4.66. The van der Waals surface area contributed by atoms with Crippen LogP contribution in [-0.2, 0) is 9.59 Å². The number of halogens is 2. The predicted molar refractivity (Wildman–Crippen MR) is 127 cm³/mol. The molecular weight excluding hydrogens is 479 g/mol. The van der Waals surface area contributed by atoms with Crippen molar-refractivity contribution < 1.29 is 23.9 Å². The Balaban J connectivity index is 1.69. The SMILES string of the molecule is COc1ccc(C(=O)CN(C(=O)c2ccc(Cl)c(Cl)c2)N2C(=O)[C@H]3C[C@@H](C)CC[C@H]3C2=O)cc1.